The van der Waals surface area contributed by atoms with Crippen molar-refractivity contribution in [3.63, 3.8) is 0 Å². The molecule has 4 N–H and O–H groups in total. The van der Waals surface area contributed by atoms with E-state index in [9.17, 15) is 9.59 Å². The number of hydrogen-bond donors (Lipinski definition) is 3. The van der Waals surface area contributed by atoms with Crippen LogP contribution in [0.4, 0.5) is 9.59 Å². The van der Waals surface area contributed by atoms with Crippen LogP contribution in [-0.2, 0) is 14.1 Å². The van der Waals surface area contributed by atoms with Crippen molar-refractivity contribution in [2.24, 2.45) is 10.7 Å². The second-order valence-electron chi connectivity index (χ2n) is 9.68. The molecule has 0 fully saturated rings. The first-order valence-corrected chi connectivity index (χ1v) is 10.8. The van der Waals surface area contributed by atoms with Gasteiger partial charge >= 0.3 is 20.2 Å². The number of aliphatic imine (C=N–C) groups is 1. The third-order valence-corrected chi connectivity index (χ3v) is 4.14. The summed E-state index contributed by atoms with van der Waals surface area (Å²) in [5.74, 6) is 0. The van der Waals surface area contributed by atoms with Crippen molar-refractivity contribution < 1.29 is 23.7 Å². The number of hydrogen-bond acceptors (Lipinski definition) is 7. The summed E-state index contributed by atoms with van der Waals surface area (Å²) in [4.78, 5) is 27.6. The van der Waals surface area contributed by atoms with Crippen molar-refractivity contribution in [2.45, 2.75) is 96.8 Å². The molecule has 0 aromatic heterocycles. The van der Waals surface area contributed by atoms with E-state index in [1.807, 2.05) is 41.5 Å². The number of rotatable bonds is 13. The first-order valence-electron chi connectivity index (χ1n) is 10.8. The molecule has 178 valence electrons. The number of nitrogens with two attached hydrogens (primary N) is 1. The predicted octanol–water partition coefficient (Wildman–Crippen LogP) is 3.20. The molecule has 9 nitrogen and oxygen atoms in total. The van der Waals surface area contributed by atoms with Crippen molar-refractivity contribution in [1.29, 1.82) is 0 Å². The molecule has 0 aliphatic carbocycles. The zero-order valence-electron chi connectivity index (χ0n) is 20.1. The van der Waals surface area contributed by atoms with E-state index in [0.29, 0.717) is 45.3 Å². The van der Waals surface area contributed by atoms with Gasteiger partial charge in [0, 0.05) is 25.2 Å². The molecule has 0 aliphatic heterocycles. The van der Waals surface area contributed by atoms with Gasteiger partial charge in [-0.25, -0.2) is 9.59 Å². The van der Waals surface area contributed by atoms with Crippen LogP contribution in [0.2, 0.25) is 0 Å². The Hall–Kier alpha value is -1.97. The summed E-state index contributed by atoms with van der Waals surface area (Å²) < 4.78 is 14.8. The monoisotopic (exact) mass is 440 g/mol. The smallest absolute Gasteiger partial charge is 0.407 e. The lowest BCUT2D eigenvalue weighted by molar-refractivity contribution is 0.0516. The molecule has 0 bridgehead atoms. The van der Waals surface area contributed by atoms with Crippen LogP contribution in [0.3, 0.4) is 0 Å². The first kappa shape index (κ1) is 29.0. The Morgan fingerprint density at radius 2 is 1.29 bits per heavy atom. The van der Waals surface area contributed by atoms with Crippen molar-refractivity contribution in [3.8, 4) is 0 Å². The lowest BCUT2D eigenvalue weighted by Gasteiger charge is -2.30. The fourth-order valence-corrected chi connectivity index (χ4v) is 2.88. The zero-order chi connectivity index (χ0) is 24.0. The number of carbonyl (C=O) groups excluding carboxylic acids is 2. The highest BCUT2D eigenvalue weighted by Crippen LogP contribution is 2.22. The summed E-state index contributed by atoms with van der Waals surface area (Å²) in [6.07, 6.45) is 4.70. The summed E-state index contributed by atoms with van der Waals surface area (Å²) in [5.41, 5.74) is 5.15. The van der Waals surface area contributed by atoms with E-state index in [1.165, 1.54) is 6.40 Å². The molecule has 0 heterocycles. The Balaban J connectivity index is 4.49. The van der Waals surface area contributed by atoms with E-state index >= 15 is 0 Å². The van der Waals surface area contributed by atoms with Crippen LogP contribution in [0.25, 0.3) is 0 Å². The molecule has 0 saturated carbocycles. The maximum Gasteiger partial charge on any atom is 0.407 e. The van der Waals surface area contributed by atoms with Gasteiger partial charge in [-0.3, -0.25) is 4.99 Å². The Morgan fingerprint density at radius 1 is 0.871 bits per heavy atom. The number of nitrogens with one attached hydrogen (secondary N) is 2. The minimum atomic E-state index is -0.531. The zero-order valence-corrected chi connectivity index (χ0v) is 20.1. The van der Waals surface area contributed by atoms with Crippen LogP contribution in [0.1, 0.15) is 80.1 Å². The predicted molar refractivity (Wildman–Crippen MR) is 123 cm³/mol. The highest BCUT2D eigenvalue weighted by molar-refractivity contribution is 6.02. The van der Waals surface area contributed by atoms with E-state index in [2.05, 4.69) is 20.3 Å². The number of alkyl carbamates (subject to hydrolysis) is 2. The second-order valence-corrected chi connectivity index (χ2v) is 9.68. The highest BCUT2D eigenvalue weighted by Gasteiger charge is 2.24. The van der Waals surface area contributed by atoms with E-state index < -0.39 is 28.9 Å². The maximum absolute atomic E-state index is 11.8. The molecular weight excluding hydrogens is 399 g/mol. The molecule has 2 amide bonds. The van der Waals surface area contributed by atoms with Gasteiger partial charge in [0.2, 0.25) is 0 Å². The van der Waals surface area contributed by atoms with E-state index in [4.69, 9.17) is 23.3 Å². The summed E-state index contributed by atoms with van der Waals surface area (Å²) in [6, 6.07) is 0. The third kappa shape index (κ3) is 18.5. The van der Waals surface area contributed by atoms with Gasteiger partial charge in [0.15, 0.2) is 0 Å². The number of ether oxygens (including phenoxy) is 2. The van der Waals surface area contributed by atoms with Gasteiger partial charge in [0.1, 0.15) is 17.6 Å². The number of carbonyl (C=O) groups is 2. The van der Waals surface area contributed by atoms with Gasteiger partial charge in [-0.15, -0.1) is 0 Å². The molecule has 10 heteroatoms. The van der Waals surface area contributed by atoms with Gasteiger partial charge in [-0.05, 0) is 80.1 Å². The average Bonchev–Trinajstić information content (AvgIpc) is 2.60. The summed E-state index contributed by atoms with van der Waals surface area (Å²) in [5, 5.41) is 5.51. The normalized spacial score (nSPS) is 12.5. The highest BCUT2D eigenvalue weighted by atomic mass is 16.6. The van der Waals surface area contributed by atoms with E-state index in [1.54, 1.807) is 0 Å². The van der Waals surface area contributed by atoms with Crippen molar-refractivity contribution in [2.75, 3.05) is 19.6 Å². The standard InChI is InChI=1S/C21H41BN4O5/c1-19(2,3)30-17(27)25-14-8-11-21(23,10-7-13-24-16-29-22)12-9-15-26-18(28)31-20(4,5)6/h16H,7-15,23H2,1-6H3,(H,25,27)(H,26,28). The molecule has 2 radical (unpaired) electrons. The SMILES string of the molecule is [B]OC=NCCCC(N)(CCCNC(=O)OC(C)(C)C)CCCNC(=O)OC(C)(C)C. The van der Waals surface area contributed by atoms with Crippen molar-refractivity contribution in [3.05, 3.63) is 0 Å². The number of nitrogens with zero attached hydrogens (tertiary/aromatic N) is 1. The second kappa shape index (κ2) is 14.2. The largest absolute Gasteiger partial charge is 0.560 e. The molecular formula is C21H41BN4O5. The topological polar surface area (TPSA) is 124 Å². The first-order chi connectivity index (χ1) is 14.3. The Labute approximate surface area is 188 Å². The summed E-state index contributed by atoms with van der Waals surface area (Å²) >= 11 is 0. The Bertz CT molecular complexity index is 523. The molecule has 0 aromatic rings. The molecule has 0 rings (SSSR count). The van der Waals surface area contributed by atoms with Crippen molar-refractivity contribution in [1.82, 2.24) is 10.6 Å². The van der Waals surface area contributed by atoms with Crippen LogP contribution in [-0.4, -0.2) is 63.0 Å². The van der Waals surface area contributed by atoms with Crippen LogP contribution >= 0.6 is 0 Å². The van der Waals surface area contributed by atoms with Crippen LogP contribution in [0, 0.1) is 0 Å². The molecule has 0 spiro atoms. The van der Waals surface area contributed by atoms with E-state index in [0.717, 1.165) is 12.8 Å². The van der Waals surface area contributed by atoms with Gasteiger partial charge in [0.05, 0.1) is 0 Å². The molecule has 0 aromatic carbocycles. The van der Waals surface area contributed by atoms with E-state index in [-0.39, 0.29) is 0 Å². The lowest BCUT2D eigenvalue weighted by atomic mass is 9.85. The van der Waals surface area contributed by atoms with Crippen LogP contribution < -0.4 is 16.4 Å². The van der Waals surface area contributed by atoms with Gasteiger partial charge in [-0.1, -0.05) is 0 Å². The summed E-state index contributed by atoms with van der Waals surface area (Å²) in [7, 11) is 4.92. The Morgan fingerprint density at radius 3 is 1.68 bits per heavy atom. The maximum atomic E-state index is 11.8. The fraction of sp³-hybridized carbons (Fsp3) is 0.857. The molecule has 0 atom stereocenters. The van der Waals surface area contributed by atoms with Crippen molar-refractivity contribution >= 4 is 26.6 Å². The lowest BCUT2D eigenvalue weighted by Crippen LogP contribution is -2.42. The molecule has 0 unspecified atom stereocenters. The molecule has 0 aliphatic rings. The molecule has 31 heavy (non-hydrogen) atoms. The van der Waals surface area contributed by atoms with Crippen LogP contribution in [0.15, 0.2) is 4.99 Å². The summed E-state index contributed by atoms with van der Waals surface area (Å²) in [6.45, 7) is 12.4. The van der Waals surface area contributed by atoms with Crippen LogP contribution in [0.5, 0.6) is 0 Å². The minimum absolute atomic E-state index is 0.437. The minimum Gasteiger partial charge on any atom is -0.560 e. The fourth-order valence-electron chi connectivity index (χ4n) is 2.88. The Kier molecular flexibility index (Phi) is 13.3. The average molecular weight is 440 g/mol. The molecule has 0 saturated heterocycles. The quantitative estimate of drug-likeness (QED) is 0.175. The van der Waals surface area contributed by atoms with Gasteiger partial charge in [-0.2, -0.15) is 0 Å². The van der Waals surface area contributed by atoms with Gasteiger partial charge in [0.25, 0.3) is 0 Å². The number of amides is 2. The third-order valence-electron chi connectivity index (χ3n) is 4.14. The van der Waals surface area contributed by atoms with Gasteiger partial charge < -0.3 is 30.5 Å².